The lowest BCUT2D eigenvalue weighted by Gasteiger charge is -2.21. The highest BCUT2D eigenvalue weighted by molar-refractivity contribution is 6.30. The minimum absolute atomic E-state index is 0.0367. The van der Waals surface area contributed by atoms with Crippen LogP contribution in [0.3, 0.4) is 0 Å². The zero-order valence-electron chi connectivity index (χ0n) is 13.0. The Morgan fingerprint density at radius 2 is 2.00 bits per heavy atom. The Morgan fingerprint density at radius 3 is 2.57 bits per heavy atom. The average Bonchev–Trinajstić information content (AvgIpc) is 2.79. The van der Waals surface area contributed by atoms with Gasteiger partial charge in [-0.25, -0.2) is 0 Å². The second-order valence-electron chi connectivity index (χ2n) is 5.14. The van der Waals surface area contributed by atoms with Gasteiger partial charge in [0.1, 0.15) is 17.3 Å². The third-order valence-corrected chi connectivity index (χ3v) is 3.73. The first-order valence-electron chi connectivity index (χ1n) is 7.20. The molecule has 1 aromatic carbocycles. The number of nitrogens with one attached hydrogen (secondary N) is 1. The van der Waals surface area contributed by atoms with Crippen molar-refractivity contribution in [3.05, 3.63) is 51.9 Å². The number of furan rings is 1. The number of halogens is 1. The number of ether oxygens (including phenoxy) is 1. The second kappa shape index (κ2) is 7.01. The average molecular weight is 308 g/mol. The fraction of sp³-hybridized carbons (Fsp3) is 0.412. The number of benzene rings is 1. The van der Waals surface area contributed by atoms with E-state index in [0.717, 1.165) is 41.4 Å². The summed E-state index contributed by atoms with van der Waals surface area (Å²) in [5.74, 6) is 2.63. The van der Waals surface area contributed by atoms with E-state index in [0.29, 0.717) is 5.02 Å². The van der Waals surface area contributed by atoms with Crippen LogP contribution < -0.4 is 10.1 Å². The van der Waals surface area contributed by atoms with Gasteiger partial charge in [-0.1, -0.05) is 24.6 Å². The lowest BCUT2D eigenvalue weighted by atomic mass is 9.97. The van der Waals surface area contributed by atoms with Crippen LogP contribution in [0.5, 0.6) is 5.75 Å². The number of hydrogen-bond donors (Lipinski definition) is 1. The van der Waals surface area contributed by atoms with Crippen molar-refractivity contribution in [2.75, 3.05) is 13.7 Å². The summed E-state index contributed by atoms with van der Waals surface area (Å²) >= 11 is 6.07. The molecule has 2 aromatic rings. The van der Waals surface area contributed by atoms with Crippen molar-refractivity contribution in [1.82, 2.24) is 5.32 Å². The van der Waals surface area contributed by atoms with Gasteiger partial charge in [0.15, 0.2) is 0 Å². The van der Waals surface area contributed by atoms with Gasteiger partial charge in [0.25, 0.3) is 0 Å². The smallest absolute Gasteiger partial charge is 0.125 e. The summed E-state index contributed by atoms with van der Waals surface area (Å²) in [5, 5.41) is 4.24. The van der Waals surface area contributed by atoms with Crippen molar-refractivity contribution in [1.29, 1.82) is 0 Å². The summed E-state index contributed by atoms with van der Waals surface area (Å²) < 4.78 is 11.2. The van der Waals surface area contributed by atoms with Crippen LogP contribution in [0.2, 0.25) is 5.02 Å². The second-order valence-corrected chi connectivity index (χ2v) is 5.58. The van der Waals surface area contributed by atoms with Crippen molar-refractivity contribution in [2.45, 2.75) is 33.2 Å². The van der Waals surface area contributed by atoms with Gasteiger partial charge in [-0.05, 0) is 45.0 Å². The Hall–Kier alpha value is -1.45. The van der Waals surface area contributed by atoms with Gasteiger partial charge in [0, 0.05) is 16.1 Å². The van der Waals surface area contributed by atoms with Gasteiger partial charge < -0.3 is 14.5 Å². The highest BCUT2D eigenvalue weighted by Crippen LogP contribution is 2.34. The molecule has 1 N–H and O–H groups in total. The maximum absolute atomic E-state index is 6.07. The van der Waals surface area contributed by atoms with Gasteiger partial charge >= 0.3 is 0 Å². The van der Waals surface area contributed by atoms with Crippen LogP contribution in [0, 0.1) is 13.8 Å². The van der Waals surface area contributed by atoms with E-state index in [4.69, 9.17) is 20.8 Å². The minimum atomic E-state index is 0.0367. The summed E-state index contributed by atoms with van der Waals surface area (Å²) in [7, 11) is 1.67. The molecule has 0 amide bonds. The molecule has 0 spiro atoms. The van der Waals surface area contributed by atoms with Crippen LogP contribution in [0.4, 0.5) is 0 Å². The van der Waals surface area contributed by atoms with Gasteiger partial charge in [0.2, 0.25) is 0 Å². The Balaban J connectivity index is 2.47. The van der Waals surface area contributed by atoms with Crippen LogP contribution in [-0.4, -0.2) is 13.7 Å². The van der Waals surface area contributed by atoms with Crippen molar-refractivity contribution < 1.29 is 9.15 Å². The first-order chi connectivity index (χ1) is 10.1. The molecule has 1 heterocycles. The molecule has 0 saturated carbocycles. The normalized spacial score (nSPS) is 12.4. The molecule has 1 atom stereocenters. The van der Waals surface area contributed by atoms with Crippen molar-refractivity contribution >= 4 is 11.6 Å². The molecule has 0 aliphatic carbocycles. The minimum Gasteiger partial charge on any atom is -0.496 e. The zero-order valence-corrected chi connectivity index (χ0v) is 13.8. The molecular formula is C17H22ClNO2. The molecule has 3 nitrogen and oxygen atoms in total. The molecule has 0 fully saturated rings. The summed E-state index contributed by atoms with van der Waals surface area (Å²) in [6, 6.07) is 7.87. The lowest BCUT2D eigenvalue weighted by Crippen LogP contribution is -2.24. The number of methoxy groups -OCH3 is 1. The molecule has 1 unspecified atom stereocenters. The molecule has 0 radical (unpaired) electrons. The van der Waals surface area contributed by atoms with E-state index in [-0.39, 0.29) is 6.04 Å². The topological polar surface area (TPSA) is 34.4 Å². The Bertz CT molecular complexity index is 607. The lowest BCUT2D eigenvalue weighted by molar-refractivity contribution is 0.403. The van der Waals surface area contributed by atoms with E-state index in [1.807, 2.05) is 32.0 Å². The fourth-order valence-corrected chi connectivity index (χ4v) is 2.70. The molecule has 1 aromatic heterocycles. The molecule has 0 aliphatic heterocycles. The summed E-state index contributed by atoms with van der Waals surface area (Å²) in [5.41, 5.74) is 2.21. The van der Waals surface area contributed by atoms with Gasteiger partial charge in [-0.15, -0.1) is 0 Å². The largest absolute Gasteiger partial charge is 0.496 e. The van der Waals surface area contributed by atoms with Gasteiger partial charge in [-0.3, -0.25) is 0 Å². The predicted octanol–water partition coefficient (Wildman–Crippen LogP) is 4.65. The Morgan fingerprint density at radius 1 is 1.24 bits per heavy atom. The maximum atomic E-state index is 6.07. The summed E-state index contributed by atoms with van der Waals surface area (Å²) in [6.07, 6.45) is 1.06. The van der Waals surface area contributed by atoms with Crippen LogP contribution in [0.15, 0.2) is 28.7 Å². The summed E-state index contributed by atoms with van der Waals surface area (Å²) in [4.78, 5) is 0. The molecular weight excluding hydrogens is 286 g/mol. The molecule has 2 rings (SSSR count). The van der Waals surface area contributed by atoms with Gasteiger partial charge in [-0.2, -0.15) is 0 Å². The molecule has 0 aliphatic rings. The fourth-order valence-electron chi connectivity index (χ4n) is 2.54. The van der Waals surface area contributed by atoms with Crippen molar-refractivity contribution in [3.8, 4) is 5.75 Å². The quantitative estimate of drug-likeness (QED) is 0.843. The van der Waals surface area contributed by atoms with E-state index in [1.165, 1.54) is 0 Å². The third-order valence-electron chi connectivity index (χ3n) is 3.50. The number of hydrogen-bond acceptors (Lipinski definition) is 3. The zero-order chi connectivity index (χ0) is 15.4. The maximum Gasteiger partial charge on any atom is 0.125 e. The standard InChI is InChI=1S/C17H22ClNO2/c1-5-8-19-17(15-9-11(2)21-12(15)3)14-7-6-13(18)10-16(14)20-4/h6-7,9-10,17,19H,5,8H2,1-4H3. The van der Waals surface area contributed by atoms with E-state index in [1.54, 1.807) is 7.11 Å². The first kappa shape index (κ1) is 15.9. The van der Waals surface area contributed by atoms with E-state index in [9.17, 15) is 0 Å². The van der Waals surface area contributed by atoms with E-state index >= 15 is 0 Å². The van der Waals surface area contributed by atoms with Crippen LogP contribution in [0.1, 0.15) is 42.0 Å². The van der Waals surface area contributed by atoms with Crippen LogP contribution in [-0.2, 0) is 0 Å². The number of aryl methyl sites for hydroxylation is 2. The molecule has 4 heteroatoms. The van der Waals surface area contributed by atoms with Crippen molar-refractivity contribution in [2.24, 2.45) is 0 Å². The Labute approximate surface area is 131 Å². The van der Waals surface area contributed by atoms with E-state index in [2.05, 4.69) is 18.3 Å². The monoisotopic (exact) mass is 307 g/mol. The third kappa shape index (κ3) is 3.60. The summed E-state index contributed by atoms with van der Waals surface area (Å²) in [6.45, 7) is 7.02. The molecule has 21 heavy (non-hydrogen) atoms. The van der Waals surface area contributed by atoms with Crippen LogP contribution in [0.25, 0.3) is 0 Å². The highest BCUT2D eigenvalue weighted by Gasteiger charge is 2.22. The van der Waals surface area contributed by atoms with Crippen molar-refractivity contribution in [3.63, 3.8) is 0 Å². The molecule has 0 bridgehead atoms. The Kier molecular flexibility index (Phi) is 5.32. The first-order valence-corrected chi connectivity index (χ1v) is 7.58. The van der Waals surface area contributed by atoms with E-state index < -0.39 is 0 Å². The van der Waals surface area contributed by atoms with Crippen LogP contribution >= 0.6 is 11.6 Å². The molecule has 0 saturated heterocycles. The molecule has 114 valence electrons. The van der Waals surface area contributed by atoms with Gasteiger partial charge in [0.05, 0.1) is 13.2 Å². The highest BCUT2D eigenvalue weighted by atomic mass is 35.5. The predicted molar refractivity (Wildman–Crippen MR) is 86.3 cm³/mol. The number of rotatable bonds is 6. The SMILES string of the molecule is CCCNC(c1ccc(Cl)cc1OC)c1cc(C)oc1C.